The lowest BCUT2D eigenvalue weighted by molar-refractivity contribution is 0.0445. The molecule has 1 saturated carbocycles. The molecule has 2 N–H and O–H groups in total. The second-order valence-corrected chi connectivity index (χ2v) is 13.4. The van der Waals surface area contributed by atoms with Gasteiger partial charge in [0.15, 0.2) is 23.1 Å². The molecule has 1 aliphatic carbocycles. The highest BCUT2D eigenvalue weighted by atomic mass is 19.1. The molecule has 1 aliphatic heterocycles. The number of carbonyl (C=O) groups excluding carboxylic acids is 1. The number of carbonyl (C=O) groups is 1. The minimum atomic E-state index is -0.839. The second kappa shape index (κ2) is 13.1. The number of aromatic nitrogens is 5. The van der Waals surface area contributed by atoms with E-state index in [2.05, 4.69) is 38.8 Å². The van der Waals surface area contributed by atoms with Crippen molar-refractivity contribution >= 4 is 11.6 Å². The van der Waals surface area contributed by atoms with Crippen LogP contribution >= 0.6 is 0 Å². The van der Waals surface area contributed by atoms with Crippen LogP contribution in [0.3, 0.4) is 0 Å². The van der Waals surface area contributed by atoms with Crippen LogP contribution < -0.4 is 14.8 Å². The lowest BCUT2D eigenvalue weighted by Crippen LogP contribution is -2.48. The summed E-state index contributed by atoms with van der Waals surface area (Å²) in [6.07, 6.45) is 7.24. The van der Waals surface area contributed by atoms with Crippen LogP contribution in [-0.2, 0) is 11.3 Å². The van der Waals surface area contributed by atoms with Crippen LogP contribution in [0, 0.1) is 12.7 Å². The molecule has 2 unspecified atom stereocenters. The van der Waals surface area contributed by atoms with Crippen LogP contribution in [-0.4, -0.2) is 78.4 Å². The number of hydrogen-bond acceptors (Lipinski definition) is 9. The molecular weight excluding hydrogens is 605 g/mol. The molecule has 252 valence electrons. The summed E-state index contributed by atoms with van der Waals surface area (Å²) < 4.78 is 34.7. The maximum absolute atomic E-state index is 13.6. The number of nitrogens with zero attached hydrogens (tertiary/aromatic N) is 6. The van der Waals surface area contributed by atoms with Gasteiger partial charge < -0.3 is 24.6 Å². The largest absolute Gasteiger partial charge is 0.493 e. The Balaban J connectivity index is 1.24. The fourth-order valence-corrected chi connectivity index (χ4v) is 6.97. The van der Waals surface area contributed by atoms with E-state index >= 15 is 0 Å². The zero-order valence-corrected chi connectivity index (χ0v) is 27.9. The molecule has 4 aromatic heterocycles. The predicted molar refractivity (Wildman–Crippen MR) is 173 cm³/mol. The first-order valence-corrected chi connectivity index (χ1v) is 16.2. The number of halogens is 1. The van der Waals surface area contributed by atoms with Crippen LogP contribution in [0.1, 0.15) is 82.5 Å². The first-order chi connectivity index (χ1) is 22.5. The van der Waals surface area contributed by atoms with E-state index in [1.54, 1.807) is 17.8 Å². The van der Waals surface area contributed by atoms with Gasteiger partial charge in [-0.2, -0.15) is 10.2 Å². The number of alkyl carbamates (subject to hydrolysis) is 1. The molecule has 47 heavy (non-hydrogen) atoms. The molecule has 4 aromatic rings. The molecule has 12 nitrogen and oxygen atoms in total. The predicted octanol–water partition coefficient (Wildman–Crippen LogP) is 5.37. The lowest BCUT2D eigenvalue weighted by atomic mass is 9.88. The van der Waals surface area contributed by atoms with Gasteiger partial charge in [-0.3, -0.25) is 14.6 Å². The molecule has 0 bridgehead atoms. The first kappa shape index (κ1) is 32.7. The monoisotopic (exact) mass is 649 g/mol. The molecule has 0 spiro atoms. The van der Waals surface area contributed by atoms with Gasteiger partial charge in [0.2, 0.25) is 0 Å². The van der Waals surface area contributed by atoms with E-state index in [0.29, 0.717) is 28.8 Å². The van der Waals surface area contributed by atoms with Crippen LogP contribution in [0.15, 0.2) is 36.8 Å². The summed E-state index contributed by atoms with van der Waals surface area (Å²) in [7, 11) is 1.56. The minimum absolute atomic E-state index is 0.122. The third-order valence-electron chi connectivity index (χ3n) is 9.14. The van der Waals surface area contributed by atoms with Crippen LogP contribution in [0.25, 0.3) is 16.8 Å². The van der Waals surface area contributed by atoms with Crippen molar-refractivity contribution in [2.45, 2.75) is 96.7 Å². The van der Waals surface area contributed by atoms with E-state index < -0.39 is 17.5 Å². The number of aliphatic hydroxyl groups excluding tert-OH is 1. The lowest BCUT2D eigenvalue weighted by Gasteiger charge is -2.43. The molecule has 6 rings (SSSR count). The summed E-state index contributed by atoms with van der Waals surface area (Å²) in [5.41, 5.74) is 4.34. The summed E-state index contributed by atoms with van der Waals surface area (Å²) in [4.78, 5) is 19.0. The van der Waals surface area contributed by atoms with E-state index in [1.807, 2.05) is 33.0 Å². The van der Waals surface area contributed by atoms with E-state index in [-0.39, 0.29) is 24.8 Å². The zero-order chi connectivity index (χ0) is 33.5. The van der Waals surface area contributed by atoms with Gasteiger partial charge in [0.25, 0.3) is 0 Å². The number of nitrogens with one attached hydrogen (secondary N) is 1. The van der Waals surface area contributed by atoms with Crippen molar-refractivity contribution in [1.82, 2.24) is 34.6 Å². The third kappa shape index (κ3) is 6.77. The highest BCUT2D eigenvalue weighted by Crippen LogP contribution is 2.40. The van der Waals surface area contributed by atoms with Gasteiger partial charge in [-0.25, -0.2) is 13.7 Å². The molecule has 0 saturated heterocycles. The quantitative estimate of drug-likeness (QED) is 0.259. The van der Waals surface area contributed by atoms with E-state index in [0.717, 1.165) is 61.8 Å². The van der Waals surface area contributed by atoms with E-state index in [4.69, 9.17) is 19.3 Å². The molecule has 0 radical (unpaired) electrons. The van der Waals surface area contributed by atoms with Crippen LogP contribution in [0.5, 0.6) is 11.5 Å². The third-order valence-corrected chi connectivity index (χ3v) is 9.14. The molecule has 1 amide bonds. The van der Waals surface area contributed by atoms with E-state index in [1.165, 1.54) is 17.8 Å². The maximum atomic E-state index is 13.6. The minimum Gasteiger partial charge on any atom is -0.493 e. The van der Waals surface area contributed by atoms with Gasteiger partial charge in [-0.05, 0) is 84.1 Å². The Morgan fingerprint density at radius 2 is 1.91 bits per heavy atom. The van der Waals surface area contributed by atoms with Gasteiger partial charge in [0.05, 0.1) is 49.7 Å². The molecule has 2 atom stereocenters. The number of rotatable bonds is 8. The van der Waals surface area contributed by atoms with Gasteiger partial charge >= 0.3 is 6.09 Å². The smallest absolute Gasteiger partial charge is 0.407 e. The standard InChI is InChI=1S/C34H44FN7O5/c1-20-30(22-15-27(32-28(45-6)17-37-42(32)18-22)46-29(19-43)26-12-7-23(35)16-36-26)39-41-14-13-40(21(2)31(20)41)25-10-8-24(9-11-25)38-33(44)47-34(3,4)5/h7,12,15-18,21,24-25,29,43H,8-11,13-14,19H2,1-6H3,(H,38,44). The van der Waals surface area contributed by atoms with Gasteiger partial charge in [0.1, 0.15) is 11.4 Å². The van der Waals surface area contributed by atoms with Crippen LogP contribution in [0.4, 0.5) is 9.18 Å². The molecule has 13 heteroatoms. The summed E-state index contributed by atoms with van der Waals surface area (Å²) in [6, 6.07) is 5.35. The number of ether oxygens (including phenoxy) is 3. The Bertz CT molecular complexity index is 1720. The first-order valence-electron chi connectivity index (χ1n) is 16.2. The number of hydrogen-bond donors (Lipinski definition) is 2. The van der Waals surface area contributed by atoms with Gasteiger partial charge in [0, 0.05) is 36.4 Å². The van der Waals surface area contributed by atoms with Gasteiger partial charge in [-0.1, -0.05) is 0 Å². The summed E-state index contributed by atoms with van der Waals surface area (Å²) in [5.74, 6) is 0.470. The van der Waals surface area contributed by atoms with Crippen LogP contribution in [0.2, 0.25) is 0 Å². The number of methoxy groups -OCH3 is 1. The summed E-state index contributed by atoms with van der Waals surface area (Å²) in [6.45, 7) is 11.2. The highest BCUT2D eigenvalue weighted by Gasteiger charge is 2.36. The second-order valence-electron chi connectivity index (χ2n) is 13.4. The fraction of sp³-hybridized carbons (Fsp3) is 0.529. The molecule has 1 fully saturated rings. The van der Waals surface area contributed by atoms with Crippen molar-refractivity contribution in [3.8, 4) is 22.8 Å². The van der Waals surface area contributed by atoms with Crippen molar-refractivity contribution < 1.29 is 28.5 Å². The van der Waals surface area contributed by atoms with Crippen molar-refractivity contribution in [2.24, 2.45) is 0 Å². The average molecular weight is 650 g/mol. The van der Waals surface area contributed by atoms with Gasteiger partial charge in [-0.15, -0.1) is 0 Å². The number of pyridine rings is 2. The van der Waals surface area contributed by atoms with Crippen molar-refractivity contribution in [3.05, 3.63) is 59.6 Å². The zero-order valence-electron chi connectivity index (χ0n) is 27.9. The topological polar surface area (TPSA) is 128 Å². The number of amides is 1. The molecule has 5 heterocycles. The normalized spacial score (nSPS) is 20.9. The molecule has 0 aromatic carbocycles. The summed E-state index contributed by atoms with van der Waals surface area (Å²) in [5, 5.41) is 22.8. The molecule has 2 aliphatic rings. The Kier molecular flexibility index (Phi) is 9.12. The average Bonchev–Trinajstić information content (AvgIpc) is 3.61. The Labute approximate surface area is 273 Å². The Morgan fingerprint density at radius 1 is 1.15 bits per heavy atom. The highest BCUT2D eigenvalue weighted by molar-refractivity contribution is 5.75. The summed E-state index contributed by atoms with van der Waals surface area (Å²) >= 11 is 0. The Morgan fingerprint density at radius 3 is 2.57 bits per heavy atom. The van der Waals surface area contributed by atoms with E-state index in [9.17, 15) is 14.3 Å². The Hall–Kier alpha value is -4.23. The van der Waals surface area contributed by atoms with Crippen molar-refractivity contribution in [3.63, 3.8) is 0 Å². The fourth-order valence-electron chi connectivity index (χ4n) is 6.97. The number of aliphatic hydroxyl groups is 1. The SMILES string of the molecule is COc1cnn2cc(-c3nn4c(c3C)C(C)N(C3CCC(NC(=O)OC(C)(C)C)CC3)CC4)cc(OC(CO)c3ccc(F)cn3)c12. The molecular formula is C34H44FN7O5. The maximum Gasteiger partial charge on any atom is 0.407 e. The van der Waals surface area contributed by atoms with Crippen molar-refractivity contribution in [1.29, 1.82) is 0 Å². The number of fused-ring (bicyclic) bond motifs is 2. The van der Waals surface area contributed by atoms with Crippen molar-refractivity contribution in [2.75, 3.05) is 20.3 Å².